The summed E-state index contributed by atoms with van der Waals surface area (Å²) in [6.45, 7) is 20.6. The smallest absolute Gasteiger partial charge is 0.230 e. The number of benzene rings is 2. The zero-order valence-electron chi connectivity index (χ0n) is 50.6. The Hall–Kier alpha value is -6.91. The Morgan fingerprint density at radius 1 is 0.916 bits per heavy atom. The van der Waals surface area contributed by atoms with Gasteiger partial charge in [0.25, 0.3) is 0 Å². The molecule has 4 aliphatic heterocycles. The molecule has 10 rings (SSSR count). The molecule has 5 aliphatic rings. The lowest BCUT2D eigenvalue weighted by Crippen LogP contribution is -2.51. The fourth-order valence-electron chi connectivity index (χ4n) is 11.9. The number of nitrogens with two attached hydrogens (primary N) is 1. The average Bonchev–Trinajstić information content (AvgIpc) is 4.38. The van der Waals surface area contributed by atoms with Crippen LogP contribution >= 0.6 is 0 Å². The van der Waals surface area contributed by atoms with Crippen molar-refractivity contribution >= 4 is 29.6 Å². The number of likely N-dealkylation sites (tertiary alicyclic amines) is 3. The number of phenolic OH excluding ortho intramolecular Hbond substituents is 1. The van der Waals surface area contributed by atoms with Gasteiger partial charge in [-0.05, 0) is 145 Å². The van der Waals surface area contributed by atoms with E-state index in [1.807, 2.05) is 61.8 Å². The first-order chi connectivity index (χ1) is 40.2. The van der Waals surface area contributed by atoms with Crippen LogP contribution in [0, 0.1) is 34.5 Å². The van der Waals surface area contributed by atoms with Gasteiger partial charge in [0.15, 0.2) is 5.82 Å². The first kappa shape index (κ1) is 63.7. The number of carbonyl (C=O) groups is 2. The van der Waals surface area contributed by atoms with E-state index < -0.39 is 0 Å². The van der Waals surface area contributed by atoms with Crippen molar-refractivity contribution in [1.82, 2.24) is 44.7 Å². The molecular weight excluding hydrogens is 1040 g/mol. The van der Waals surface area contributed by atoms with Crippen molar-refractivity contribution in [2.45, 2.75) is 155 Å². The molecule has 5 fully saturated rings. The maximum atomic E-state index is 12.7. The molecule has 4 saturated heterocycles. The maximum absolute atomic E-state index is 12.7. The van der Waals surface area contributed by atoms with E-state index in [-0.39, 0.29) is 53.4 Å². The van der Waals surface area contributed by atoms with Gasteiger partial charge in [0.1, 0.15) is 23.6 Å². The fraction of sp³-hybridized carbons (Fsp3) is 0.554. The van der Waals surface area contributed by atoms with Crippen LogP contribution in [-0.2, 0) is 27.8 Å². The second kappa shape index (κ2) is 31.7. The molecule has 1 saturated carbocycles. The van der Waals surface area contributed by atoms with E-state index in [0.717, 1.165) is 120 Å². The minimum atomic E-state index is -0.312. The number of hydrogen-bond acceptors (Lipinski definition) is 14. The van der Waals surface area contributed by atoms with Crippen molar-refractivity contribution in [1.29, 1.82) is 10.8 Å². The van der Waals surface area contributed by atoms with Crippen LogP contribution in [-0.4, -0.2) is 152 Å². The van der Waals surface area contributed by atoms with Crippen LogP contribution in [0.15, 0.2) is 95.4 Å². The van der Waals surface area contributed by atoms with Gasteiger partial charge in [-0.1, -0.05) is 87.5 Å². The van der Waals surface area contributed by atoms with Crippen molar-refractivity contribution in [2.75, 3.05) is 64.3 Å². The van der Waals surface area contributed by atoms with Crippen molar-refractivity contribution < 1.29 is 24.0 Å². The molecule has 18 heteroatoms. The van der Waals surface area contributed by atoms with Gasteiger partial charge in [0.2, 0.25) is 5.91 Å². The summed E-state index contributed by atoms with van der Waals surface area (Å²) in [6, 6.07) is 20.1. The Balaban J connectivity index is 0.000000398. The number of aromatic nitrogens is 5. The number of carbonyl (C=O) groups excluding carboxylic acids is 2. The minimum absolute atomic E-state index is 0.00875. The number of ether oxygens (including phenoxy) is 1. The molecule has 3 unspecified atom stereocenters. The molecule has 0 spiro atoms. The minimum Gasteiger partial charge on any atom is -0.507 e. The van der Waals surface area contributed by atoms with Crippen molar-refractivity contribution in [3.05, 3.63) is 113 Å². The number of anilines is 1. The molecule has 83 heavy (non-hydrogen) atoms. The average molecular weight is 1140 g/mol. The number of piperidine rings is 3. The highest BCUT2D eigenvalue weighted by Gasteiger charge is 2.38. The lowest BCUT2D eigenvalue weighted by atomic mass is 9.77. The topological polar surface area (TPSA) is 224 Å². The van der Waals surface area contributed by atoms with Gasteiger partial charge < -0.3 is 55.2 Å². The molecule has 0 radical (unpaired) electrons. The summed E-state index contributed by atoms with van der Waals surface area (Å²) >= 11 is 0. The summed E-state index contributed by atoms with van der Waals surface area (Å²) in [5, 5.41) is 42.7. The number of phenols is 1. The van der Waals surface area contributed by atoms with Crippen LogP contribution in [0.5, 0.6) is 5.75 Å². The Bertz CT molecular complexity index is 2920. The summed E-state index contributed by atoms with van der Waals surface area (Å²) in [5.74, 6) is 8.32. The van der Waals surface area contributed by atoms with Gasteiger partial charge >= 0.3 is 0 Å². The predicted molar refractivity (Wildman–Crippen MR) is 330 cm³/mol. The highest BCUT2D eigenvalue weighted by molar-refractivity contribution is 6.14. The van der Waals surface area contributed by atoms with Gasteiger partial charge in [-0.15, -0.1) is 0 Å². The SMILES string of the molecule is CC.CC(C1CCN(C2CC(CN3CCC(OC4CCN(c5cc(CC(=O)N6CCCC6C=O)on5)CC4)CC3)C2)CC1)n1cc(C#C/C(=C/C(=N)c2ccccc2O)C(=N)N)cn1.CCC.CNC(C)c1ccc(-c2ccnn2C)cc1. The lowest BCUT2D eigenvalue weighted by molar-refractivity contribution is -0.134. The molecule has 0 bridgehead atoms. The number of amidine groups is 1. The largest absolute Gasteiger partial charge is 0.507 e. The van der Waals surface area contributed by atoms with E-state index in [1.165, 1.54) is 49.1 Å². The number of aldehydes is 1. The Kier molecular flexibility index (Phi) is 24.3. The maximum Gasteiger partial charge on any atom is 0.230 e. The normalized spacial score (nSPS) is 20.7. The van der Waals surface area contributed by atoms with Crippen LogP contribution in [0.4, 0.5) is 5.82 Å². The van der Waals surface area contributed by atoms with Crippen LogP contribution in [0.2, 0.25) is 0 Å². The van der Waals surface area contributed by atoms with Gasteiger partial charge in [-0.3, -0.25) is 19.6 Å². The first-order valence-electron chi connectivity index (χ1n) is 30.6. The highest BCUT2D eigenvalue weighted by Crippen LogP contribution is 2.37. The van der Waals surface area contributed by atoms with E-state index >= 15 is 0 Å². The third-order valence-corrected chi connectivity index (χ3v) is 16.9. The molecule has 448 valence electrons. The zero-order chi connectivity index (χ0) is 59.4. The van der Waals surface area contributed by atoms with Crippen molar-refractivity contribution in [2.24, 2.45) is 24.6 Å². The summed E-state index contributed by atoms with van der Waals surface area (Å²) in [5.41, 5.74) is 10.8. The van der Waals surface area contributed by atoms with E-state index in [1.54, 1.807) is 29.3 Å². The third-order valence-electron chi connectivity index (χ3n) is 16.9. The molecule has 5 aromatic rings. The monoisotopic (exact) mass is 1140 g/mol. The molecule has 1 amide bonds. The second-order valence-corrected chi connectivity index (χ2v) is 22.7. The second-order valence-electron chi connectivity index (χ2n) is 22.7. The standard InChI is InChI=1S/C47H62N10O5.C13H17N3.C3H8.C2H6/c1-32(57-30-33(28-51-57)8-9-36(47(49)50)25-43(48)42-6-2-3-7-44(42)59)35-10-19-54(20-11-35)38-23-34(24-38)29-53-17-12-39(13-18-53)61-40-14-21-55(22-15-40)45-26-41(62-52-45)27-46(60)56-16-4-5-37(56)31-58;1-10(14-2)11-4-6-12(7-5-11)13-8-9-15-16(13)3;1-3-2;1-2/h2-3,6-7,25-26,28,30-32,34-35,37-40,48,59H,4-5,10-24,27,29H2,1H3,(H3,49,50);4-10,14H,1-3H3;3H2,1-2H3;1-2H3/b36-25-,48-43?;;;. The lowest BCUT2D eigenvalue weighted by Gasteiger charge is -2.48. The quantitative estimate of drug-likeness (QED) is 0.0254. The Morgan fingerprint density at radius 3 is 2.22 bits per heavy atom. The van der Waals surface area contributed by atoms with E-state index in [2.05, 4.69) is 99.2 Å². The van der Waals surface area contributed by atoms with Crippen LogP contribution in [0.25, 0.3) is 11.3 Å². The van der Waals surface area contributed by atoms with Gasteiger partial charge in [0.05, 0.1) is 59.5 Å². The van der Waals surface area contributed by atoms with Gasteiger partial charge in [-0.25, -0.2) is 0 Å². The number of para-hydroxylation sites is 1. The van der Waals surface area contributed by atoms with Crippen LogP contribution in [0.1, 0.15) is 147 Å². The number of hydrogen-bond donors (Lipinski definition) is 5. The summed E-state index contributed by atoms with van der Waals surface area (Å²) < 4.78 is 16.0. The molecule has 7 heterocycles. The molecule has 3 atom stereocenters. The summed E-state index contributed by atoms with van der Waals surface area (Å²) in [6.07, 6.45) is 20.4. The van der Waals surface area contributed by atoms with Gasteiger partial charge in [-0.2, -0.15) is 10.2 Å². The van der Waals surface area contributed by atoms with Gasteiger partial charge in [0, 0.05) is 82.4 Å². The van der Waals surface area contributed by atoms with Crippen molar-refractivity contribution in [3.8, 4) is 28.8 Å². The molecular formula is C65H93N13O5. The number of nitrogens with one attached hydrogen (secondary N) is 3. The third kappa shape index (κ3) is 17.6. The first-order valence-corrected chi connectivity index (χ1v) is 30.6. The summed E-state index contributed by atoms with van der Waals surface area (Å²) in [4.78, 5) is 33.3. The molecule has 2 aromatic carbocycles. The number of amides is 1. The fourth-order valence-corrected chi connectivity index (χ4v) is 11.9. The van der Waals surface area contributed by atoms with E-state index in [4.69, 9.17) is 25.8 Å². The van der Waals surface area contributed by atoms with E-state index in [9.17, 15) is 14.7 Å². The van der Waals surface area contributed by atoms with Crippen LogP contribution in [0.3, 0.4) is 0 Å². The number of aromatic hydroxyl groups is 1. The Morgan fingerprint density at radius 2 is 1.59 bits per heavy atom. The number of aryl methyl sites for hydroxylation is 1. The van der Waals surface area contributed by atoms with Crippen molar-refractivity contribution in [3.63, 3.8) is 0 Å². The molecule has 1 aliphatic carbocycles. The van der Waals surface area contributed by atoms with E-state index in [0.29, 0.717) is 42.0 Å². The molecule has 3 aromatic heterocycles. The number of nitrogens with zero attached hydrogens (tertiary/aromatic N) is 9. The number of rotatable bonds is 17. The highest BCUT2D eigenvalue weighted by atomic mass is 16.5. The zero-order valence-corrected chi connectivity index (χ0v) is 50.6. The Labute approximate surface area is 493 Å². The summed E-state index contributed by atoms with van der Waals surface area (Å²) in [7, 11) is 3.93. The predicted octanol–water partition coefficient (Wildman–Crippen LogP) is 9.60. The number of allylic oxidation sites excluding steroid dienone is 1. The molecule has 6 N–H and O–H groups in total. The van der Waals surface area contributed by atoms with Crippen LogP contribution < -0.4 is 16.0 Å². The molecule has 18 nitrogen and oxygen atoms in total.